The Morgan fingerprint density at radius 2 is 2.05 bits per heavy atom. The van der Waals surface area contributed by atoms with E-state index in [2.05, 4.69) is 11.8 Å². The Morgan fingerprint density at radius 1 is 1.26 bits per heavy atom. The molecule has 1 saturated heterocycles. The minimum Gasteiger partial charge on any atom is -0.504 e. The fourth-order valence-corrected chi connectivity index (χ4v) is 3.81. The van der Waals surface area contributed by atoms with Crippen molar-refractivity contribution in [2.75, 3.05) is 13.1 Å². The van der Waals surface area contributed by atoms with Crippen LogP contribution in [0.1, 0.15) is 43.2 Å². The number of rotatable bonds is 1. The van der Waals surface area contributed by atoms with E-state index in [1.807, 2.05) is 6.07 Å². The highest BCUT2D eigenvalue weighted by molar-refractivity contribution is 8.93. The second kappa shape index (κ2) is 5.71. The van der Waals surface area contributed by atoms with Gasteiger partial charge in [0.25, 0.3) is 0 Å². The molecule has 0 amide bonds. The number of nitrogens with zero attached hydrogens (tertiary/aromatic N) is 1. The lowest BCUT2D eigenvalue weighted by atomic mass is 9.74. The van der Waals surface area contributed by atoms with Crippen LogP contribution in [0, 0.1) is 0 Å². The molecule has 1 aliphatic carbocycles. The molecule has 1 aliphatic heterocycles. The first kappa shape index (κ1) is 14.7. The van der Waals surface area contributed by atoms with Crippen LogP contribution in [0.15, 0.2) is 12.1 Å². The highest BCUT2D eigenvalue weighted by atomic mass is 79.9. The minimum atomic E-state index is 0. The fraction of sp³-hybridized carbons (Fsp3) is 0.600. The molecule has 0 aromatic heterocycles. The molecule has 1 fully saturated rings. The Labute approximate surface area is 125 Å². The Morgan fingerprint density at radius 3 is 2.79 bits per heavy atom. The van der Waals surface area contributed by atoms with Gasteiger partial charge in [-0.25, -0.2) is 0 Å². The first-order chi connectivity index (χ1) is 8.72. The maximum absolute atomic E-state index is 9.99. The van der Waals surface area contributed by atoms with E-state index < -0.39 is 0 Å². The zero-order chi connectivity index (χ0) is 12.7. The van der Waals surface area contributed by atoms with Gasteiger partial charge in [-0.3, -0.25) is 0 Å². The fourth-order valence-electron chi connectivity index (χ4n) is 3.81. The molecule has 1 aromatic rings. The SMILES string of the molecule is Br.CCN1CCC[C@H]2c3ccc(O)c(O)c3CC[C@@H]21. The summed E-state index contributed by atoms with van der Waals surface area (Å²) < 4.78 is 0. The van der Waals surface area contributed by atoms with Crippen LogP contribution in [0.5, 0.6) is 11.5 Å². The van der Waals surface area contributed by atoms with Gasteiger partial charge in [-0.15, -0.1) is 17.0 Å². The molecule has 0 unspecified atom stereocenters. The number of phenols is 2. The lowest BCUT2D eigenvalue weighted by molar-refractivity contribution is 0.118. The van der Waals surface area contributed by atoms with Gasteiger partial charge in [0, 0.05) is 11.6 Å². The van der Waals surface area contributed by atoms with Gasteiger partial charge < -0.3 is 15.1 Å². The molecular formula is C15H22BrNO2. The lowest BCUT2D eigenvalue weighted by Gasteiger charge is -2.44. The van der Waals surface area contributed by atoms with E-state index >= 15 is 0 Å². The van der Waals surface area contributed by atoms with E-state index in [4.69, 9.17) is 0 Å². The average Bonchev–Trinajstić information content (AvgIpc) is 2.41. The number of likely N-dealkylation sites (N-methyl/N-ethyl adjacent to an activating group) is 1. The molecule has 0 saturated carbocycles. The Bertz CT molecular complexity index is 464. The van der Waals surface area contributed by atoms with Crippen molar-refractivity contribution in [3.63, 3.8) is 0 Å². The summed E-state index contributed by atoms with van der Waals surface area (Å²) in [7, 11) is 0. The third-order valence-corrected chi connectivity index (χ3v) is 4.69. The second-order valence-corrected chi connectivity index (χ2v) is 5.48. The van der Waals surface area contributed by atoms with Gasteiger partial charge in [0.15, 0.2) is 11.5 Å². The maximum Gasteiger partial charge on any atom is 0.160 e. The van der Waals surface area contributed by atoms with Gasteiger partial charge in [-0.1, -0.05) is 13.0 Å². The van der Waals surface area contributed by atoms with Crippen LogP contribution in [0.25, 0.3) is 0 Å². The van der Waals surface area contributed by atoms with Crippen LogP contribution >= 0.6 is 17.0 Å². The molecule has 2 N–H and O–H groups in total. The van der Waals surface area contributed by atoms with Gasteiger partial charge in [-0.05, 0) is 56.3 Å². The van der Waals surface area contributed by atoms with Crippen LogP contribution in [0.3, 0.4) is 0 Å². The first-order valence-corrected chi connectivity index (χ1v) is 7.00. The van der Waals surface area contributed by atoms with Crippen LogP contribution in [-0.4, -0.2) is 34.2 Å². The Kier molecular flexibility index (Phi) is 4.41. The molecular weight excluding hydrogens is 306 g/mol. The lowest BCUT2D eigenvalue weighted by Crippen LogP contribution is -2.46. The maximum atomic E-state index is 9.99. The van der Waals surface area contributed by atoms with Crippen molar-refractivity contribution < 1.29 is 10.2 Å². The van der Waals surface area contributed by atoms with E-state index in [0.29, 0.717) is 12.0 Å². The Hall–Kier alpha value is -0.740. The third kappa shape index (κ3) is 2.36. The van der Waals surface area contributed by atoms with E-state index in [1.165, 1.54) is 24.9 Å². The normalized spacial score (nSPS) is 26.2. The van der Waals surface area contributed by atoms with Gasteiger partial charge in [-0.2, -0.15) is 0 Å². The molecule has 1 heterocycles. The summed E-state index contributed by atoms with van der Waals surface area (Å²) in [6.07, 6.45) is 4.42. The van der Waals surface area contributed by atoms with Crippen molar-refractivity contribution >= 4 is 17.0 Å². The largest absolute Gasteiger partial charge is 0.504 e. The van der Waals surface area contributed by atoms with Crippen molar-refractivity contribution in [2.24, 2.45) is 0 Å². The molecule has 1 aromatic carbocycles. The summed E-state index contributed by atoms with van der Waals surface area (Å²) in [6.45, 7) is 4.55. The molecule has 0 bridgehead atoms. The number of piperidine rings is 1. The first-order valence-electron chi connectivity index (χ1n) is 7.00. The number of hydrogen-bond donors (Lipinski definition) is 2. The number of benzene rings is 1. The summed E-state index contributed by atoms with van der Waals surface area (Å²) in [5.41, 5.74) is 2.24. The molecule has 4 heteroatoms. The van der Waals surface area contributed by atoms with Crippen molar-refractivity contribution in [1.29, 1.82) is 0 Å². The van der Waals surface area contributed by atoms with Crippen molar-refractivity contribution in [1.82, 2.24) is 4.90 Å². The van der Waals surface area contributed by atoms with Gasteiger partial charge >= 0.3 is 0 Å². The molecule has 106 valence electrons. The number of likely N-dealkylation sites (tertiary alicyclic amines) is 1. The monoisotopic (exact) mass is 327 g/mol. The van der Waals surface area contributed by atoms with Gasteiger partial charge in [0.05, 0.1) is 0 Å². The van der Waals surface area contributed by atoms with Gasteiger partial charge in [0.1, 0.15) is 0 Å². The standard InChI is InChI=1S/C15H21NO2.BrH/c1-2-16-9-3-4-11-10-6-8-14(17)15(18)12(10)5-7-13(11)16;/h6,8,11,13,17-18H,2-5,7,9H2,1H3;1H/t11-,13-;/m0./s1. The predicted octanol–water partition coefficient (Wildman–Crippen LogP) is 3.19. The van der Waals surface area contributed by atoms with Crippen LogP contribution in [0.4, 0.5) is 0 Å². The molecule has 3 nitrogen and oxygen atoms in total. The van der Waals surface area contributed by atoms with Crippen LogP contribution in [0.2, 0.25) is 0 Å². The topological polar surface area (TPSA) is 43.7 Å². The van der Waals surface area contributed by atoms with E-state index in [9.17, 15) is 10.2 Å². The summed E-state index contributed by atoms with van der Waals surface area (Å²) in [6, 6.07) is 4.28. The summed E-state index contributed by atoms with van der Waals surface area (Å²) >= 11 is 0. The van der Waals surface area contributed by atoms with Crippen molar-refractivity contribution in [2.45, 2.75) is 44.6 Å². The van der Waals surface area contributed by atoms with Gasteiger partial charge in [0.2, 0.25) is 0 Å². The summed E-state index contributed by atoms with van der Waals surface area (Å²) in [4.78, 5) is 2.57. The van der Waals surface area contributed by atoms with E-state index in [1.54, 1.807) is 6.07 Å². The zero-order valence-electron chi connectivity index (χ0n) is 11.3. The second-order valence-electron chi connectivity index (χ2n) is 5.48. The third-order valence-electron chi connectivity index (χ3n) is 4.69. The average molecular weight is 328 g/mol. The minimum absolute atomic E-state index is 0. The van der Waals surface area contributed by atoms with Crippen molar-refractivity contribution in [3.8, 4) is 11.5 Å². The number of fused-ring (bicyclic) bond motifs is 3. The number of halogens is 1. The highest BCUT2D eigenvalue weighted by Crippen LogP contribution is 2.45. The van der Waals surface area contributed by atoms with Crippen LogP contribution < -0.4 is 0 Å². The van der Waals surface area contributed by atoms with E-state index in [-0.39, 0.29) is 28.5 Å². The molecule has 2 atom stereocenters. The van der Waals surface area contributed by atoms with Crippen molar-refractivity contribution in [3.05, 3.63) is 23.3 Å². The summed E-state index contributed by atoms with van der Waals surface area (Å²) in [5, 5.41) is 19.6. The number of aromatic hydroxyl groups is 2. The molecule has 3 rings (SSSR count). The highest BCUT2D eigenvalue weighted by Gasteiger charge is 2.36. The van der Waals surface area contributed by atoms with E-state index in [0.717, 1.165) is 24.9 Å². The predicted molar refractivity (Wildman–Crippen MR) is 81.4 cm³/mol. The molecule has 19 heavy (non-hydrogen) atoms. The number of phenolic OH excluding ortho intramolecular Hbond substituents is 2. The van der Waals surface area contributed by atoms with Crippen LogP contribution in [-0.2, 0) is 6.42 Å². The molecule has 2 aliphatic rings. The summed E-state index contributed by atoms with van der Waals surface area (Å²) in [5.74, 6) is 0.670. The zero-order valence-corrected chi connectivity index (χ0v) is 13.0. The number of hydrogen-bond acceptors (Lipinski definition) is 3. The Balaban J connectivity index is 0.00000133. The molecule has 0 spiro atoms. The smallest absolute Gasteiger partial charge is 0.160 e. The molecule has 0 radical (unpaired) electrons. The quantitative estimate of drug-likeness (QED) is 0.778.